The molecular weight excluding hydrogens is 224 g/mol. The van der Waals surface area contributed by atoms with E-state index in [1.54, 1.807) is 12.4 Å². The number of imidazole rings is 1. The van der Waals surface area contributed by atoms with Crippen LogP contribution in [0.25, 0.3) is 0 Å². The molecule has 0 radical (unpaired) electrons. The van der Waals surface area contributed by atoms with Crippen molar-refractivity contribution in [2.45, 2.75) is 13.0 Å². The molecule has 0 saturated carbocycles. The molecule has 0 spiro atoms. The lowest BCUT2D eigenvalue weighted by atomic mass is 10.6. The number of rotatable bonds is 4. The summed E-state index contributed by atoms with van der Waals surface area (Å²) in [7, 11) is 0. The molecule has 80 valence electrons. The van der Waals surface area contributed by atoms with Crippen LogP contribution in [-0.4, -0.2) is 20.2 Å². The summed E-state index contributed by atoms with van der Waals surface area (Å²) in [5.41, 5.74) is 0. The van der Waals surface area contributed by atoms with E-state index < -0.39 is 6.43 Å². The molecule has 15 heavy (non-hydrogen) atoms. The predicted molar refractivity (Wildman–Crippen MR) is 50.8 cm³/mol. The summed E-state index contributed by atoms with van der Waals surface area (Å²) >= 11 is 0.838. The number of hydrogen-bond donors (Lipinski definition) is 2. The second kappa shape index (κ2) is 4.30. The minimum absolute atomic E-state index is 0.281. The Kier molecular flexibility index (Phi) is 2.86. The van der Waals surface area contributed by atoms with Gasteiger partial charge in [0.2, 0.25) is 5.13 Å². The van der Waals surface area contributed by atoms with Gasteiger partial charge in [0.15, 0.2) is 5.01 Å². The Hall–Kier alpha value is -1.57. The molecule has 0 amide bonds. The van der Waals surface area contributed by atoms with Gasteiger partial charge >= 0.3 is 0 Å². The van der Waals surface area contributed by atoms with Crippen LogP contribution in [0.5, 0.6) is 0 Å². The average Bonchev–Trinajstić information content (AvgIpc) is 2.86. The van der Waals surface area contributed by atoms with Gasteiger partial charge in [0.05, 0.1) is 6.54 Å². The molecule has 0 aliphatic heterocycles. The van der Waals surface area contributed by atoms with Crippen molar-refractivity contribution in [3.8, 4) is 0 Å². The zero-order valence-corrected chi connectivity index (χ0v) is 8.26. The van der Waals surface area contributed by atoms with Crippen LogP contribution in [0, 0.1) is 0 Å². The highest BCUT2D eigenvalue weighted by Crippen LogP contribution is 2.25. The van der Waals surface area contributed by atoms with Crippen molar-refractivity contribution in [1.82, 2.24) is 20.2 Å². The first-order valence-electron chi connectivity index (χ1n) is 4.09. The van der Waals surface area contributed by atoms with E-state index in [0.717, 1.165) is 11.3 Å². The van der Waals surface area contributed by atoms with Crippen LogP contribution in [0.1, 0.15) is 17.3 Å². The summed E-state index contributed by atoms with van der Waals surface area (Å²) in [6, 6.07) is 0. The van der Waals surface area contributed by atoms with E-state index in [1.807, 2.05) is 0 Å². The molecule has 0 aromatic carbocycles. The monoisotopic (exact) mass is 231 g/mol. The van der Waals surface area contributed by atoms with Crippen LogP contribution in [-0.2, 0) is 6.54 Å². The largest absolute Gasteiger partial charge is 0.353 e. The predicted octanol–water partition coefficient (Wildman–Crippen LogP) is 1.81. The number of aromatic amines is 1. The quantitative estimate of drug-likeness (QED) is 0.842. The molecule has 0 aliphatic rings. The highest BCUT2D eigenvalue weighted by Gasteiger charge is 2.13. The molecule has 2 aromatic heterocycles. The molecule has 0 fully saturated rings. The molecule has 2 aromatic rings. The first-order chi connectivity index (χ1) is 7.25. The smallest absolute Gasteiger partial charge is 0.291 e. The molecule has 8 heteroatoms. The van der Waals surface area contributed by atoms with Crippen molar-refractivity contribution in [2.75, 3.05) is 5.32 Å². The number of aromatic nitrogens is 4. The van der Waals surface area contributed by atoms with Crippen molar-refractivity contribution in [3.63, 3.8) is 0 Å². The number of alkyl halides is 2. The fraction of sp³-hybridized carbons (Fsp3) is 0.286. The van der Waals surface area contributed by atoms with Gasteiger partial charge in [0, 0.05) is 12.4 Å². The highest BCUT2D eigenvalue weighted by atomic mass is 32.1. The van der Waals surface area contributed by atoms with Crippen LogP contribution < -0.4 is 5.32 Å². The lowest BCUT2D eigenvalue weighted by Crippen LogP contribution is -2.00. The maximum atomic E-state index is 12.2. The van der Waals surface area contributed by atoms with E-state index in [-0.39, 0.29) is 5.01 Å². The van der Waals surface area contributed by atoms with Crippen LogP contribution in [0.3, 0.4) is 0 Å². The lowest BCUT2D eigenvalue weighted by Gasteiger charge is -1.96. The summed E-state index contributed by atoms with van der Waals surface area (Å²) in [6.07, 6.45) is 0.727. The van der Waals surface area contributed by atoms with Crippen molar-refractivity contribution in [1.29, 1.82) is 0 Å². The highest BCUT2D eigenvalue weighted by molar-refractivity contribution is 7.15. The van der Waals surface area contributed by atoms with Gasteiger partial charge in [-0.1, -0.05) is 11.3 Å². The van der Waals surface area contributed by atoms with E-state index in [0.29, 0.717) is 17.5 Å². The first kappa shape index (κ1) is 9.97. The van der Waals surface area contributed by atoms with Gasteiger partial charge in [-0.2, -0.15) is 0 Å². The van der Waals surface area contributed by atoms with E-state index in [9.17, 15) is 8.78 Å². The van der Waals surface area contributed by atoms with Crippen molar-refractivity contribution in [2.24, 2.45) is 0 Å². The maximum Gasteiger partial charge on any atom is 0.291 e. The Bertz CT molecular complexity index is 413. The topological polar surface area (TPSA) is 66.5 Å². The zero-order chi connectivity index (χ0) is 10.7. The zero-order valence-electron chi connectivity index (χ0n) is 7.44. The standard InChI is InChI=1S/C7H7F2N5S/c8-5(9)6-13-14-7(15-6)12-3-4-10-1-2-11-4/h1-2,5H,3H2,(H,10,11)(H,12,14). The van der Waals surface area contributed by atoms with Crippen LogP contribution in [0.4, 0.5) is 13.9 Å². The maximum absolute atomic E-state index is 12.2. The number of halogens is 2. The third-order valence-electron chi connectivity index (χ3n) is 1.59. The number of nitrogens with one attached hydrogen (secondary N) is 2. The van der Waals surface area contributed by atoms with Crippen LogP contribution in [0.15, 0.2) is 12.4 Å². The summed E-state index contributed by atoms with van der Waals surface area (Å²) < 4.78 is 24.3. The first-order valence-corrected chi connectivity index (χ1v) is 4.91. The number of nitrogens with zero attached hydrogens (tertiary/aromatic N) is 3. The van der Waals surface area contributed by atoms with E-state index in [1.165, 1.54) is 0 Å². The van der Waals surface area contributed by atoms with Gasteiger partial charge in [-0.15, -0.1) is 10.2 Å². The lowest BCUT2D eigenvalue weighted by molar-refractivity contribution is 0.150. The van der Waals surface area contributed by atoms with E-state index >= 15 is 0 Å². The van der Waals surface area contributed by atoms with Gasteiger partial charge < -0.3 is 10.3 Å². The molecule has 2 heterocycles. The van der Waals surface area contributed by atoms with Crippen molar-refractivity contribution in [3.05, 3.63) is 23.2 Å². The fourth-order valence-electron chi connectivity index (χ4n) is 0.948. The Morgan fingerprint density at radius 1 is 1.47 bits per heavy atom. The molecule has 5 nitrogen and oxygen atoms in total. The SMILES string of the molecule is FC(F)c1nnc(NCc2ncc[nH]2)s1. The Morgan fingerprint density at radius 3 is 2.93 bits per heavy atom. The normalized spacial score (nSPS) is 10.9. The molecular formula is C7H7F2N5S. The summed E-state index contributed by atoms with van der Waals surface area (Å²) in [5.74, 6) is 0.712. The van der Waals surface area contributed by atoms with Gasteiger partial charge in [0.25, 0.3) is 6.43 Å². The van der Waals surface area contributed by atoms with Gasteiger partial charge in [0.1, 0.15) is 5.82 Å². The Morgan fingerprint density at radius 2 is 2.33 bits per heavy atom. The van der Waals surface area contributed by atoms with Crippen molar-refractivity contribution < 1.29 is 8.78 Å². The van der Waals surface area contributed by atoms with Crippen molar-refractivity contribution >= 4 is 16.5 Å². The fourth-order valence-corrected chi connectivity index (χ4v) is 1.54. The molecule has 2 rings (SSSR count). The average molecular weight is 231 g/mol. The van der Waals surface area contributed by atoms with Gasteiger partial charge in [-0.25, -0.2) is 13.8 Å². The number of hydrogen-bond acceptors (Lipinski definition) is 5. The third kappa shape index (κ3) is 2.46. The van der Waals surface area contributed by atoms with Crippen LogP contribution >= 0.6 is 11.3 Å². The Labute approximate surface area is 87.6 Å². The molecule has 0 saturated heterocycles. The summed E-state index contributed by atoms with van der Waals surface area (Å²) in [4.78, 5) is 6.84. The minimum atomic E-state index is -2.57. The second-order valence-corrected chi connectivity index (χ2v) is 3.64. The van der Waals surface area contributed by atoms with Gasteiger partial charge in [-0.05, 0) is 0 Å². The van der Waals surface area contributed by atoms with E-state index in [2.05, 4.69) is 25.5 Å². The summed E-state index contributed by atoms with van der Waals surface area (Å²) in [6.45, 7) is 0.408. The molecule has 0 unspecified atom stereocenters. The molecule has 2 N–H and O–H groups in total. The van der Waals surface area contributed by atoms with Crippen LogP contribution in [0.2, 0.25) is 0 Å². The van der Waals surface area contributed by atoms with E-state index in [4.69, 9.17) is 0 Å². The molecule has 0 atom stereocenters. The molecule has 0 aliphatic carbocycles. The molecule has 0 bridgehead atoms. The van der Waals surface area contributed by atoms with Gasteiger partial charge in [-0.3, -0.25) is 0 Å². The Balaban J connectivity index is 1.94. The number of anilines is 1. The minimum Gasteiger partial charge on any atom is -0.353 e. The second-order valence-electron chi connectivity index (χ2n) is 2.64. The number of H-pyrrole nitrogens is 1. The third-order valence-corrected chi connectivity index (χ3v) is 2.48. The summed E-state index contributed by atoms with van der Waals surface area (Å²) in [5, 5.41) is 9.84.